The van der Waals surface area contributed by atoms with Gasteiger partial charge in [-0.25, -0.2) is 0 Å². The summed E-state index contributed by atoms with van der Waals surface area (Å²) in [5, 5.41) is 6.61. The van der Waals surface area contributed by atoms with E-state index < -0.39 is 0 Å². The summed E-state index contributed by atoms with van der Waals surface area (Å²) >= 11 is 0. The quantitative estimate of drug-likeness (QED) is 0.657. The third-order valence-electron chi connectivity index (χ3n) is 4.08. The highest BCUT2D eigenvalue weighted by atomic mass is 16.1. The first-order valence-electron chi connectivity index (χ1n) is 6.02. The van der Waals surface area contributed by atoms with Gasteiger partial charge >= 0.3 is 0 Å². The Morgan fingerprint density at radius 1 is 1.47 bits per heavy atom. The van der Waals surface area contributed by atoms with Crippen LogP contribution in [0.4, 0.5) is 0 Å². The molecular formula is C12H18N2O. The number of allylic oxidation sites excluding steroid dienone is 1. The second-order valence-electron chi connectivity index (χ2n) is 5.05. The number of fused-ring (bicyclic) bond motifs is 1. The van der Waals surface area contributed by atoms with E-state index in [0.29, 0.717) is 18.5 Å². The first kappa shape index (κ1) is 9.40. The highest BCUT2D eigenvalue weighted by Gasteiger charge is 2.41. The van der Waals surface area contributed by atoms with E-state index in [1.54, 1.807) is 0 Å². The number of hydrogen-bond donors (Lipinski definition) is 2. The lowest BCUT2D eigenvalue weighted by Crippen LogP contribution is -2.56. The Bertz CT molecular complexity index is 290. The molecule has 2 aliphatic carbocycles. The van der Waals surface area contributed by atoms with Crippen LogP contribution in [-0.2, 0) is 4.79 Å². The van der Waals surface area contributed by atoms with Crippen LogP contribution in [0.3, 0.4) is 0 Å². The van der Waals surface area contributed by atoms with Gasteiger partial charge in [0.2, 0.25) is 5.91 Å². The summed E-state index contributed by atoms with van der Waals surface area (Å²) in [6.07, 6.45) is 8.98. The number of nitrogens with one attached hydrogen (secondary N) is 2. The fraction of sp³-hybridized carbons (Fsp3) is 0.750. The number of piperidine rings is 1. The SMILES string of the molecule is O=C1CCC(NC2CC3CC=CC32)CN1. The molecule has 0 spiro atoms. The second-order valence-corrected chi connectivity index (χ2v) is 5.05. The summed E-state index contributed by atoms with van der Waals surface area (Å²) < 4.78 is 0. The van der Waals surface area contributed by atoms with Gasteiger partial charge in [0.1, 0.15) is 0 Å². The standard InChI is InChI=1S/C12H18N2O/c15-12-5-4-9(7-13-12)14-11-6-8-2-1-3-10(8)11/h1,3,8-11,14H,2,4-7H2,(H,13,15). The van der Waals surface area contributed by atoms with Crippen LogP contribution in [0.15, 0.2) is 12.2 Å². The lowest BCUT2D eigenvalue weighted by Gasteiger charge is -2.43. The lowest BCUT2D eigenvalue weighted by molar-refractivity contribution is -0.122. The molecule has 0 bridgehead atoms. The van der Waals surface area contributed by atoms with Gasteiger partial charge in [0.25, 0.3) is 0 Å². The van der Waals surface area contributed by atoms with Gasteiger partial charge in [-0.15, -0.1) is 0 Å². The summed E-state index contributed by atoms with van der Waals surface area (Å²) in [5.41, 5.74) is 0. The van der Waals surface area contributed by atoms with Crippen LogP contribution in [0.1, 0.15) is 25.7 Å². The molecule has 3 nitrogen and oxygen atoms in total. The topological polar surface area (TPSA) is 41.1 Å². The summed E-state index contributed by atoms with van der Waals surface area (Å²) in [4.78, 5) is 11.0. The zero-order valence-electron chi connectivity index (χ0n) is 8.91. The molecule has 4 atom stereocenters. The third kappa shape index (κ3) is 1.69. The molecule has 2 N–H and O–H groups in total. The van der Waals surface area contributed by atoms with Gasteiger partial charge in [0, 0.05) is 25.0 Å². The molecule has 4 unspecified atom stereocenters. The van der Waals surface area contributed by atoms with Crippen molar-refractivity contribution in [3.05, 3.63) is 12.2 Å². The maximum absolute atomic E-state index is 11.0. The molecule has 0 aromatic heterocycles. The van der Waals surface area contributed by atoms with Crippen LogP contribution in [-0.4, -0.2) is 24.5 Å². The summed E-state index contributed by atoms with van der Waals surface area (Å²) in [7, 11) is 0. The van der Waals surface area contributed by atoms with E-state index in [1.807, 2.05) is 0 Å². The molecule has 3 aliphatic rings. The number of hydrogen-bond acceptors (Lipinski definition) is 2. The molecule has 1 saturated carbocycles. The van der Waals surface area contributed by atoms with Crippen molar-refractivity contribution in [1.82, 2.24) is 10.6 Å². The molecule has 15 heavy (non-hydrogen) atoms. The predicted molar refractivity (Wildman–Crippen MR) is 58.3 cm³/mol. The number of carbonyl (C=O) groups excluding carboxylic acids is 1. The van der Waals surface area contributed by atoms with E-state index in [-0.39, 0.29) is 5.91 Å². The molecule has 82 valence electrons. The van der Waals surface area contributed by atoms with Crippen molar-refractivity contribution >= 4 is 5.91 Å². The molecule has 0 aromatic carbocycles. The van der Waals surface area contributed by atoms with Crippen molar-refractivity contribution < 1.29 is 4.79 Å². The minimum absolute atomic E-state index is 0.209. The molecule has 1 saturated heterocycles. The van der Waals surface area contributed by atoms with E-state index >= 15 is 0 Å². The first-order chi connectivity index (χ1) is 7.33. The van der Waals surface area contributed by atoms with Crippen molar-refractivity contribution in [2.75, 3.05) is 6.54 Å². The Hall–Kier alpha value is -0.830. The molecule has 0 radical (unpaired) electrons. The van der Waals surface area contributed by atoms with Gasteiger partial charge in [0.05, 0.1) is 0 Å². The van der Waals surface area contributed by atoms with E-state index in [2.05, 4.69) is 22.8 Å². The maximum Gasteiger partial charge on any atom is 0.220 e. The molecule has 3 rings (SSSR count). The molecule has 0 aromatic rings. The van der Waals surface area contributed by atoms with Crippen LogP contribution < -0.4 is 10.6 Å². The van der Waals surface area contributed by atoms with Crippen molar-refractivity contribution in [2.45, 2.75) is 37.8 Å². The molecule has 3 heteroatoms. The van der Waals surface area contributed by atoms with Gasteiger partial charge in [-0.2, -0.15) is 0 Å². The van der Waals surface area contributed by atoms with E-state index in [0.717, 1.165) is 24.8 Å². The lowest BCUT2D eigenvalue weighted by atomic mass is 9.71. The Kier molecular flexibility index (Phi) is 2.28. The zero-order valence-corrected chi connectivity index (χ0v) is 8.91. The third-order valence-corrected chi connectivity index (χ3v) is 4.08. The van der Waals surface area contributed by atoms with Gasteiger partial charge in [-0.3, -0.25) is 4.79 Å². The fourth-order valence-corrected chi connectivity index (χ4v) is 3.09. The van der Waals surface area contributed by atoms with Crippen molar-refractivity contribution in [3.63, 3.8) is 0 Å². The summed E-state index contributed by atoms with van der Waals surface area (Å²) in [5.74, 6) is 1.91. The van der Waals surface area contributed by atoms with Crippen molar-refractivity contribution in [2.24, 2.45) is 11.8 Å². The molecule has 2 fully saturated rings. The Morgan fingerprint density at radius 3 is 3.13 bits per heavy atom. The Labute approximate surface area is 90.3 Å². The van der Waals surface area contributed by atoms with Crippen LogP contribution in [0.25, 0.3) is 0 Å². The fourth-order valence-electron chi connectivity index (χ4n) is 3.09. The van der Waals surface area contributed by atoms with Crippen LogP contribution in [0.5, 0.6) is 0 Å². The smallest absolute Gasteiger partial charge is 0.220 e. The number of amides is 1. The average molecular weight is 206 g/mol. The number of carbonyl (C=O) groups is 1. The Balaban J connectivity index is 1.50. The predicted octanol–water partition coefficient (Wildman–Crippen LogP) is 0.819. The molecule has 1 heterocycles. The first-order valence-corrected chi connectivity index (χ1v) is 6.02. The van der Waals surface area contributed by atoms with Crippen molar-refractivity contribution in [1.29, 1.82) is 0 Å². The normalized spacial score (nSPS) is 43.3. The number of rotatable bonds is 2. The van der Waals surface area contributed by atoms with Crippen LogP contribution in [0.2, 0.25) is 0 Å². The minimum Gasteiger partial charge on any atom is -0.355 e. The van der Waals surface area contributed by atoms with Gasteiger partial charge in [-0.05, 0) is 31.1 Å². The zero-order chi connectivity index (χ0) is 10.3. The van der Waals surface area contributed by atoms with E-state index in [9.17, 15) is 4.79 Å². The summed E-state index contributed by atoms with van der Waals surface area (Å²) in [6.45, 7) is 0.816. The Morgan fingerprint density at radius 2 is 2.40 bits per heavy atom. The largest absolute Gasteiger partial charge is 0.355 e. The van der Waals surface area contributed by atoms with Gasteiger partial charge in [0.15, 0.2) is 0 Å². The van der Waals surface area contributed by atoms with E-state index in [1.165, 1.54) is 12.8 Å². The molecule has 1 amide bonds. The maximum atomic E-state index is 11.0. The highest BCUT2D eigenvalue weighted by molar-refractivity contribution is 5.76. The minimum atomic E-state index is 0.209. The van der Waals surface area contributed by atoms with Gasteiger partial charge < -0.3 is 10.6 Å². The van der Waals surface area contributed by atoms with Crippen LogP contribution in [0, 0.1) is 11.8 Å². The molecular weight excluding hydrogens is 188 g/mol. The average Bonchev–Trinajstić information content (AvgIpc) is 2.59. The van der Waals surface area contributed by atoms with Crippen molar-refractivity contribution in [3.8, 4) is 0 Å². The van der Waals surface area contributed by atoms with Gasteiger partial charge in [-0.1, -0.05) is 12.2 Å². The monoisotopic (exact) mass is 206 g/mol. The highest BCUT2D eigenvalue weighted by Crippen LogP contribution is 2.42. The van der Waals surface area contributed by atoms with Crippen LogP contribution >= 0.6 is 0 Å². The summed E-state index contributed by atoms with van der Waals surface area (Å²) in [6, 6.07) is 1.18. The van der Waals surface area contributed by atoms with E-state index in [4.69, 9.17) is 0 Å². The molecule has 1 aliphatic heterocycles. The second kappa shape index (κ2) is 3.63.